The maximum Gasteiger partial charge on any atom is 0.157 e. The molecule has 0 aliphatic carbocycles. The zero-order valence-corrected chi connectivity index (χ0v) is 24.0. The molecule has 0 N–H and O–H groups in total. The molecular formula is C34H25Cl2O3P. The summed E-state index contributed by atoms with van der Waals surface area (Å²) in [5.41, 5.74) is 2.65. The van der Waals surface area contributed by atoms with Crippen molar-refractivity contribution in [2.24, 2.45) is 0 Å². The molecule has 0 spiro atoms. The van der Waals surface area contributed by atoms with Gasteiger partial charge in [0.15, 0.2) is 7.14 Å². The summed E-state index contributed by atoms with van der Waals surface area (Å²) in [5.74, 6) is 1.83. The van der Waals surface area contributed by atoms with Crippen LogP contribution in [0.15, 0.2) is 133 Å². The summed E-state index contributed by atoms with van der Waals surface area (Å²) in [5, 5.41) is 2.65. The van der Waals surface area contributed by atoms with Crippen LogP contribution < -0.4 is 20.1 Å². The molecule has 1 heterocycles. The Hall–Kier alpha value is -3.75. The SMILES string of the molecule is COc1ccc2c(c1)OC(=C(c1cccc(Cl)c1)c1cccc(Cl)c1)C2P(=O)(c1ccccc1)c1ccccc1. The predicted molar refractivity (Wildman–Crippen MR) is 165 cm³/mol. The molecule has 3 nitrogen and oxygen atoms in total. The summed E-state index contributed by atoms with van der Waals surface area (Å²) < 4.78 is 28.1. The standard InChI is InChI=1S/C34H25Cl2O3P/c1-38-27-18-19-30-31(22-27)39-33(32(23-10-8-12-25(35)20-23)24-11-9-13-26(36)21-24)34(30)40(37,28-14-4-2-5-15-28)29-16-6-3-7-17-29/h2-22,34H,1H3. The van der Waals surface area contributed by atoms with Crippen molar-refractivity contribution in [3.05, 3.63) is 160 Å². The smallest absolute Gasteiger partial charge is 0.157 e. The van der Waals surface area contributed by atoms with Crippen LogP contribution >= 0.6 is 30.3 Å². The zero-order valence-electron chi connectivity index (χ0n) is 21.6. The van der Waals surface area contributed by atoms with E-state index in [1.54, 1.807) is 7.11 Å². The van der Waals surface area contributed by atoms with Gasteiger partial charge in [0.2, 0.25) is 0 Å². The van der Waals surface area contributed by atoms with Crippen LogP contribution in [-0.2, 0) is 4.57 Å². The fourth-order valence-corrected chi connectivity index (χ4v) is 8.93. The molecule has 1 aliphatic heterocycles. The van der Waals surface area contributed by atoms with Gasteiger partial charge in [0.05, 0.1) is 7.11 Å². The van der Waals surface area contributed by atoms with E-state index in [0.717, 1.165) is 32.9 Å². The molecular weight excluding hydrogens is 558 g/mol. The molecule has 40 heavy (non-hydrogen) atoms. The normalized spacial score (nSPS) is 14.4. The molecule has 1 atom stereocenters. The highest BCUT2D eigenvalue weighted by Gasteiger charge is 2.47. The predicted octanol–water partition coefficient (Wildman–Crippen LogP) is 8.91. The van der Waals surface area contributed by atoms with E-state index < -0.39 is 12.8 Å². The minimum Gasteiger partial charge on any atom is -0.497 e. The number of fused-ring (bicyclic) bond motifs is 1. The van der Waals surface area contributed by atoms with Gasteiger partial charge in [-0.25, -0.2) is 0 Å². The van der Waals surface area contributed by atoms with E-state index in [1.807, 2.05) is 127 Å². The van der Waals surface area contributed by atoms with Gasteiger partial charge in [0, 0.05) is 37.9 Å². The van der Waals surface area contributed by atoms with Gasteiger partial charge in [-0.1, -0.05) is 114 Å². The van der Waals surface area contributed by atoms with Crippen molar-refractivity contribution in [1.82, 2.24) is 0 Å². The van der Waals surface area contributed by atoms with Crippen LogP contribution in [0.1, 0.15) is 22.3 Å². The third-order valence-electron chi connectivity index (χ3n) is 7.10. The highest BCUT2D eigenvalue weighted by Crippen LogP contribution is 2.66. The van der Waals surface area contributed by atoms with E-state index in [2.05, 4.69) is 0 Å². The van der Waals surface area contributed by atoms with Crippen molar-refractivity contribution in [2.45, 2.75) is 5.66 Å². The van der Waals surface area contributed by atoms with Gasteiger partial charge in [-0.15, -0.1) is 0 Å². The summed E-state index contributed by atoms with van der Waals surface area (Å²) in [6.07, 6.45) is 0. The van der Waals surface area contributed by atoms with Crippen molar-refractivity contribution in [1.29, 1.82) is 0 Å². The lowest BCUT2D eigenvalue weighted by molar-refractivity contribution is 0.406. The number of benzene rings is 5. The Morgan fingerprint density at radius 3 is 1.75 bits per heavy atom. The van der Waals surface area contributed by atoms with Crippen LogP contribution in [0, 0.1) is 0 Å². The van der Waals surface area contributed by atoms with Gasteiger partial charge in [0.1, 0.15) is 22.9 Å². The first kappa shape index (κ1) is 26.5. The Morgan fingerprint density at radius 2 is 1.25 bits per heavy atom. The van der Waals surface area contributed by atoms with Crippen molar-refractivity contribution < 1.29 is 14.0 Å². The van der Waals surface area contributed by atoms with Crippen LogP contribution in [0.4, 0.5) is 0 Å². The minimum absolute atomic E-state index is 0.573. The number of methoxy groups -OCH3 is 1. The quantitative estimate of drug-likeness (QED) is 0.187. The molecule has 0 bridgehead atoms. The average molecular weight is 583 g/mol. The highest BCUT2D eigenvalue weighted by atomic mass is 35.5. The first-order valence-corrected chi connectivity index (χ1v) is 15.3. The van der Waals surface area contributed by atoms with Crippen LogP contribution in [0.2, 0.25) is 10.0 Å². The van der Waals surface area contributed by atoms with Gasteiger partial charge in [0.25, 0.3) is 0 Å². The van der Waals surface area contributed by atoms with Gasteiger partial charge in [-0.05, 0) is 41.5 Å². The van der Waals surface area contributed by atoms with Gasteiger partial charge >= 0.3 is 0 Å². The number of ether oxygens (including phenoxy) is 2. The number of hydrogen-bond donors (Lipinski definition) is 0. The van der Waals surface area contributed by atoms with Gasteiger partial charge < -0.3 is 14.0 Å². The third kappa shape index (κ3) is 4.75. The molecule has 1 unspecified atom stereocenters. The van der Waals surface area contributed by atoms with Crippen LogP contribution in [-0.4, -0.2) is 7.11 Å². The Balaban J connectivity index is 1.74. The topological polar surface area (TPSA) is 35.5 Å². The molecule has 0 radical (unpaired) electrons. The minimum atomic E-state index is -3.39. The fraction of sp³-hybridized carbons (Fsp3) is 0.0588. The van der Waals surface area contributed by atoms with Crippen molar-refractivity contribution in [3.63, 3.8) is 0 Å². The van der Waals surface area contributed by atoms with E-state index in [9.17, 15) is 0 Å². The van der Waals surface area contributed by atoms with E-state index >= 15 is 4.57 Å². The molecule has 6 heteroatoms. The van der Waals surface area contributed by atoms with Crippen LogP contribution in [0.3, 0.4) is 0 Å². The second-order valence-corrected chi connectivity index (χ2v) is 13.2. The maximum absolute atomic E-state index is 15.8. The van der Waals surface area contributed by atoms with Crippen LogP contribution in [0.5, 0.6) is 11.5 Å². The Morgan fingerprint density at radius 1 is 0.700 bits per heavy atom. The highest BCUT2D eigenvalue weighted by molar-refractivity contribution is 7.79. The molecule has 1 aliphatic rings. The number of rotatable bonds is 6. The molecule has 198 valence electrons. The molecule has 6 rings (SSSR count). The molecule has 0 fully saturated rings. The summed E-state index contributed by atoms with van der Waals surface area (Å²) in [7, 11) is -1.77. The first-order chi connectivity index (χ1) is 19.5. The lowest BCUT2D eigenvalue weighted by Crippen LogP contribution is -2.22. The number of allylic oxidation sites excluding steroid dienone is 1. The monoisotopic (exact) mass is 582 g/mol. The largest absolute Gasteiger partial charge is 0.497 e. The Kier molecular flexibility index (Phi) is 7.29. The molecule has 5 aromatic rings. The second kappa shape index (κ2) is 11.0. The second-order valence-electron chi connectivity index (χ2n) is 9.50. The summed E-state index contributed by atoms with van der Waals surface area (Å²) in [6.45, 7) is 0. The van der Waals surface area contributed by atoms with Crippen molar-refractivity contribution >= 4 is 46.5 Å². The molecule has 0 saturated carbocycles. The van der Waals surface area contributed by atoms with Gasteiger partial charge in [-0.3, -0.25) is 0 Å². The van der Waals surface area contributed by atoms with Crippen LogP contribution in [0.25, 0.3) is 5.57 Å². The zero-order chi connectivity index (χ0) is 27.7. The first-order valence-electron chi connectivity index (χ1n) is 12.8. The van der Waals surface area contributed by atoms with E-state index in [4.69, 9.17) is 32.7 Å². The van der Waals surface area contributed by atoms with E-state index in [-0.39, 0.29) is 0 Å². The average Bonchev–Trinajstić information content (AvgIpc) is 3.36. The molecule has 0 amide bonds. The summed E-state index contributed by atoms with van der Waals surface area (Å²) in [4.78, 5) is 0. The fourth-order valence-electron chi connectivity index (χ4n) is 5.31. The number of hydrogen-bond acceptors (Lipinski definition) is 3. The Labute approximate surface area is 244 Å². The summed E-state index contributed by atoms with van der Waals surface area (Å²) in [6, 6.07) is 40.2. The Bertz CT molecular complexity index is 1680. The lowest BCUT2D eigenvalue weighted by Gasteiger charge is -2.27. The van der Waals surface area contributed by atoms with Gasteiger partial charge in [-0.2, -0.15) is 0 Å². The van der Waals surface area contributed by atoms with Crippen molar-refractivity contribution in [2.75, 3.05) is 7.11 Å². The third-order valence-corrected chi connectivity index (χ3v) is 10.9. The molecule has 5 aromatic carbocycles. The van der Waals surface area contributed by atoms with Crippen molar-refractivity contribution in [3.8, 4) is 11.5 Å². The van der Waals surface area contributed by atoms with E-state index in [1.165, 1.54) is 0 Å². The van der Waals surface area contributed by atoms with E-state index in [0.29, 0.717) is 27.3 Å². The summed E-state index contributed by atoms with van der Waals surface area (Å²) >= 11 is 13.0. The molecule has 0 saturated heterocycles. The lowest BCUT2D eigenvalue weighted by atomic mass is 9.95. The maximum atomic E-state index is 15.8. The number of halogens is 2. The molecule has 0 aromatic heterocycles.